The van der Waals surface area contributed by atoms with Crippen molar-refractivity contribution < 1.29 is 36.2 Å². The van der Waals surface area contributed by atoms with Crippen molar-refractivity contribution >= 4 is 39.0 Å². The van der Waals surface area contributed by atoms with Gasteiger partial charge in [0.15, 0.2) is 11.6 Å². The average molecular weight is 630 g/mol. The number of methoxy groups -OCH3 is 1. The minimum absolute atomic E-state index is 0.0410. The molecule has 0 fully saturated rings. The average Bonchev–Trinajstić information content (AvgIpc) is 3.43. The number of anilines is 2. The van der Waals surface area contributed by atoms with Gasteiger partial charge in [-0.2, -0.15) is 13.2 Å². The number of carbonyl (C=O) groups excluding carboxylic acids is 1. The quantitative estimate of drug-likeness (QED) is 0.108. The fraction of sp³-hybridized carbons (Fsp3) is 0.167. The zero-order valence-electron chi connectivity index (χ0n) is 23.0. The van der Waals surface area contributed by atoms with E-state index in [1.807, 2.05) is 29.6 Å². The number of pyridine rings is 2. The number of alkyl halides is 3. The number of urea groups is 1. The summed E-state index contributed by atoms with van der Waals surface area (Å²) in [4.78, 5) is 22.2. The Hall–Kier alpha value is -4.66. The van der Waals surface area contributed by atoms with Crippen LogP contribution >= 0.6 is 11.3 Å². The first kappa shape index (κ1) is 30.8. The summed E-state index contributed by atoms with van der Waals surface area (Å²) in [6.07, 6.45) is -3.20. The number of benzene rings is 2. The zero-order valence-corrected chi connectivity index (χ0v) is 23.8. The Labute approximate surface area is 251 Å². The summed E-state index contributed by atoms with van der Waals surface area (Å²) < 4.78 is 79.4. The number of amides is 2. The van der Waals surface area contributed by atoms with Crippen LogP contribution in [-0.2, 0) is 17.5 Å². The summed E-state index contributed by atoms with van der Waals surface area (Å²) in [5, 5.41) is 7.52. The number of carbonyl (C=O) groups is 1. The van der Waals surface area contributed by atoms with Crippen LogP contribution in [0.25, 0.3) is 20.8 Å². The van der Waals surface area contributed by atoms with E-state index in [4.69, 9.17) is 14.5 Å². The first-order valence-electron chi connectivity index (χ1n) is 13.1. The zero-order chi connectivity index (χ0) is 31.3. The molecule has 14 heteroatoms. The fourth-order valence-electron chi connectivity index (χ4n) is 4.09. The first-order chi connectivity index (χ1) is 21.1. The lowest BCUT2D eigenvalue weighted by Crippen LogP contribution is -2.20. The van der Waals surface area contributed by atoms with Crippen molar-refractivity contribution in [2.75, 3.05) is 30.9 Å². The Balaban J connectivity index is 1.28. The van der Waals surface area contributed by atoms with Crippen molar-refractivity contribution in [1.29, 1.82) is 0 Å². The van der Waals surface area contributed by atoms with Crippen molar-refractivity contribution in [2.45, 2.75) is 12.7 Å². The standard InChI is InChI=1S/C30H24F5N5O3S/c1-42-12-11-36-16-19-3-2-4-22(38-19)27-15-24-28(44-27)26(9-10-37-24)43-25-8-6-18(14-21(25)32)39-29(41)40-23-13-17(30(33,34)35)5-7-20(23)31/h2-10,13-15,36H,11-12,16H2,1H3,(H2,39,40,41). The number of hydrogen-bond acceptors (Lipinski definition) is 7. The molecule has 3 heterocycles. The topological polar surface area (TPSA) is 97.4 Å². The number of hydrogen-bond donors (Lipinski definition) is 3. The van der Waals surface area contributed by atoms with E-state index in [0.717, 1.165) is 22.3 Å². The molecule has 44 heavy (non-hydrogen) atoms. The number of nitrogens with zero attached hydrogens (tertiary/aromatic N) is 2. The van der Waals surface area contributed by atoms with Gasteiger partial charge in [-0.05, 0) is 48.5 Å². The first-order valence-corrected chi connectivity index (χ1v) is 13.9. The largest absolute Gasteiger partial charge is 0.453 e. The normalized spacial score (nSPS) is 11.5. The van der Waals surface area contributed by atoms with E-state index in [1.165, 1.54) is 29.7 Å². The summed E-state index contributed by atoms with van der Waals surface area (Å²) in [6, 6.07) is 13.3. The molecule has 0 bridgehead atoms. The van der Waals surface area contributed by atoms with Crippen LogP contribution in [-0.4, -0.2) is 36.3 Å². The van der Waals surface area contributed by atoms with Crippen LogP contribution in [0.15, 0.2) is 72.9 Å². The van der Waals surface area contributed by atoms with Gasteiger partial charge in [-0.15, -0.1) is 11.3 Å². The van der Waals surface area contributed by atoms with Gasteiger partial charge >= 0.3 is 12.2 Å². The Kier molecular flexibility index (Phi) is 9.32. The molecule has 228 valence electrons. The molecule has 2 aromatic carbocycles. The van der Waals surface area contributed by atoms with Gasteiger partial charge in [-0.3, -0.25) is 9.97 Å². The summed E-state index contributed by atoms with van der Waals surface area (Å²) in [5.74, 6) is -1.70. The van der Waals surface area contributed by atoms with Gasteiger partial charge in [0.05, 0.1) is 44.3 Å². The maximum absolute atomic E-state index is 15.0. The number of nitrogens with one attached hydrogen (secondary N) is 3. The number of rotatable bonds is 10. The molecule has 0 saturated heterocycles. The van der Waals surface area contributed by atoms with E-state index in [1.54, 1.807) is 13.2 Å². The maximum Gasteiger partial charge on any atom is 0.416 e. The van der Waals surface area contributed by atoms with Crippen molar-refractivity contribution in [1.82, 2.24) is 15.3 Å². The highest BCUT2D eigenvalue weighted by Gasteiger charge is 2.31. The van der Waals surface area contributed by atoms with Crippen LogP contribution in [0.1, 0.15) is 11.3 Å². The van der Waals surface area contributed by atoms with Gasteiger partial charge in [-0.25, -0.2) is 13.6 Å². The van der Waals surface area contributed by atoms with E-state index in [2.05, 4.69) is 15.6 Å². The molecular formula is C30H24F5N5O3S. The van der Waals surface area contributed by atoms with Gasteiger partial charge < -0.3 is 25.4 Å². The van der Waals surface area contributed by atoms with E-state index < -0.39 is 35.1 Å². The Bertz CT molecular complexity index is 1800. The van der Waals surface area contributed by atoms with Crippen LogP contribution in [0.3, 0.4) is 0 Å². The molecule has 0 aliphatic rings. The maximum atomic E-state index is 15.0. The molecule has 2 amide bonds. The van der Waals surface area contributed by atoms with E-state index in [9.17, 15) is 22.4 Å². The molecule has 5 rings (SSSR count). The molecular weight excluding hydrogens is 605 g/mol. The van der Waals surface area contributed by atoms with Gasteiger partial charge in [0, 0.05) is 44.2 Å². The van der Waals surface area contributed by atoms with Gasteiger partial charge in [0.25, 0.3) is 0 Å². The van der Waals surface area contributed by atoms with Crippen LogP contribution in [0, 0.1) is 11.6 Å². The summed E-state index contributed by atoms with van der Waals surface area (Å²) in [6.45, 7) is 1.85. The van der Waals surface area contributed by atoms with Crippen molar-refractivity contribution in [2.24, 2.45) is 0 Å². The number of fused-ring (bicyclic) bond motifs is 1. The molecule has 0 spiro atoms. The van der Waals surface area contributed by atoms with Crippen molar-refractivity contribution in [3.63, 3.8) is 0 Å². The lowest BCUT2D eigenvalue weighted by Gasteiger charge is -2.12. The highest BCUT2D eigenvalue weighted by Crippen LogP contribution is 2.39. The fourth-order valence-corrected chi connectivity index (χ4v) is 5.12. The molecule has 0 aliphatic carbocycles. The molecule has 5 aromatic rings. The number of ether oxygens (including phenoxy) is 2. The second-order valence-corrected chi connectivity index (χ2v) is 10.4. The molecule has 0 radical (unpaired) electrons. The minimum Gasteiger partial charge on any atom is -0.453 e. The predicted molar refractivity (Wildman–Crippen MR) is 157 cm³/mol. The Morgan fingerprint density at radius 1 is 0.955 bits per heavy atom. The van der Waals surface area contributed by atoms with Gasteiger partial charge in [-0.1, -0.05) is 6.07 Å². The highest BCUT2D eigenvalue weighted by molar-refractivity contribution is 7.22. The third-order valence-electron chi connectivity index (χ3n) is 6.18. The van der Waals surface area contributed by atoms with Gasteiger partial charge in [0.2, 0.25) is 0 Å². The lowest BCUT2D eigenvalue weighted by molar-refractivity contribution is -0.137. The smallest absolute Gasteiger partial charge is 0.416 e. The summed E-state index contributed by atoms with van der Waals surface area (Å²) in [5.41, 5.74) is 0.363. The summed E-state index contributed by atoms with van der Waals surface area (Å²) >= 11 is 1.38. The molecule has 0 saturated carbocycles. The van der Waals surface area contributed by atoms with Crippen LogP contribution in [0.5, 0.6) is 11.5 Å². The van der Waals surface area contributed by atoms with Gasteiger partial charge in [0.1, 0.15) is 11.6 Å². The Morgan fingerprint density at radius 3 is 2.57 bits per heavy atom. The van der Waals surface area contributed by atoms with E-state index in [0.29, 0.717) is 53.9 Å². The highest BCUT2D eigenvalue weighted by atomic mass is 32.1. The van der Waals surface area contributed by atoms with Crippen molar-refractivity contribution in [3.8, 4) is 22.1 Å². The van der Waals surface area contributed by atoms with Crippen LogP contribution in [0.2, 0.25) is 0 Å². The van der Waals surface area contributed by atoms with Crippen molar-refractivity contribution in [3.05, 3.63) is 95.8 Å². The SMILES string of the molecule is COCCNCc1cccc(-c2cc3nccc(Oc4ccc(NC(=O)Nc5cc(C(F)(F)F)ccc5F)cc4F)c3s2)n1. The number of halogens is 5. The monoisotopic (exact) mass is 629 g/mol. The molecule has 0 unspecified atom stereocenters. The molecule has 0 atom stereocenters. The molecule has 0 aliphatic heterocycles. The second kappa shape index (κ2) is 13.3. The molecule has 3 aromatic heterocycles. The number of aromatic nitrogens is 2. The third kappa shape index (κ3) is 7.45. The summed E-state index contributed by atoms with van der Waals surface area (Å²) in [7, 11) is 1.63. The van der Waals surface area contributed by atoms with Crippen LogP contribution in [0.4, 0.5) is 38.1 Å². The minimum atomic E-state index is -4.73. The molecule has 3 N–H and O–H groups in total. The van der Waals surface area contributed by atoms with Crippen LogP contribution < -0.4 is 20.7 Å². The Morgan fingerprint density at radius 2 is 1.80 bits per heavy atom. The lowest BCUT2D eigenvalue weighted by atomic mass is 10.2. The predicted octanol–water partition coefficient (Wildman–Crippen LogP) is 7.83. The van der Waals surface area contributed by atoms with E-state index >= 15 is 4.39 Å². The molecule has 8 nitrogen and oxygen atoms in total. The third-order valence-corrected chi connectivity index (χ3v) is 7.34. The van der Waals surface area contributed by atoms with E-state index in [-0.39, 0.29) is 11.4 Å². The number of thiophene rings is 1. The second-order valence-electron chi connectivity index (χ2n) is 9.34.